The van der Waals surface area contributed by atoms with Gasteiger partial charge < -0.3 is 15.5 Å². The van der Waals surface area contributed by atoms with E-state index in [4.69, 9.17) is 15.4 Å². The van der Waals surface area contributed by atoms with Crippen LogP contribution in [0.5, 0.6) is 0 Å². The van der Waals surface area contributed by atoms with Gasteiger partial charge in [0.25, 0.3) is 5.91 Å². The monoisotopic (exact) mass is 349 g/mol. The minimum atomic E-state index is -0.187. The van der Waals surface area contributed by atoms with Crippen LogP contribution in [0.25, 0.3) is 5.69 Å². The summed E-state index contributed by atoms with van der Waals surface area (Å²) in [5.41, 5.74) is 8.34. The van der Waals surface area contributed by atoms with Crippen LogP contribution in [-0.2, 0) is 0 Å². The van der Waals surface area contributed by atoms with E-state index < -0.39 is 0 Å². The number of nitrogens with one attached hydrogen (secondary N) is 1. The third-order valence-electron chi connectivity index (χ3n) is 4.19. The van der Waals surface area contributed by atoms with Gasteiger partial charge in [0.05, 0.1) is 17.9 Å². The van der Waals surface area contributed by atoms with Gasteiger partial charge in [0.1, 0.15) is 29.0 Å². The van der Waals surface area contributed by atoms with E-state index in [0.717, 1.165) is 17.1 Å². The molecule has 0 fully saturated rings. The third-order valence-corrected chi connectivity index (χ3v) is 4.19. The van der Waals surface area contributed by atoms with E-state index in [1.165, 1.54) is 10.9 Å². The number of rotatable bonds is 4. The summed E-state index contributed by atoms with van der Waals surface area (Å²) in [5.74, 6) is 1.70. The number of furan rings is 1. The van der Waals surface area contributed by atoms with Crippen LogP contribution in [0.1, 0.15) is 46.0 Å². The maximum atomic E-state index is 12.5. The standard InChI is InChI=1S/C19H19N5O2/c1-11-8-17(13(3)26-11)12(2)23-19(25)14-4-6-16(7-5-14)24-18(21)15(9-20)10-22-24/h4-8,10,12H,21H2,1-3H3,(H,23,25)/t12-/m1/s1. The lowest BCUT2D eigenvalue weighted by atomic mass is 10.1. The zero-order chi connectivity index (χ0) is 18.8. The fraction of sp³-hybridized carbons (Fsp3) is 0.211. The number of hydrogen-bond acceptors (Lipinski definition) is 5. The quantitative estimate of drug-likeness (QED) is 0.752. The van der Waals surface area contributed by atoms with Crippen LogP contribution < -0.4 is 11.1 Å². The van der Waals surface area contributed by atoms with Gasteiger partial charge in [0.2, 0.25) is 0 Å². The molecule has 0 aliphatic heterocycles. The lowest BCUT2D eigenvalue weighted by molar-refractivity contribution is 0.0939. The van der Waals surface area contributed by atoms with Crippen LogP contribution in [0, 0.1) is 25.2 Å². The highest BCUT2D eigenvalue weighted by Crippen LogP contribution is 2.22. The van der Waals surface area contributed by atoms with E-state index in [1.54, 1.807) is 24.3 Å². The zero-order valence-electron chi connectivity index (χ0n) is 14.8. The molecule has 0 saturated carbocycles. The minimum absolute atomic E-state index is 0.167. The molecule has 0 saturated heterocycles. The first kappa shape index (κ1) is 17.3. The highest BCUT2D eigenvalue weighted by atomic mass is 16.3. The molecule has 0 spiro atoms. The van der Waals surface area contributed by atoms with Crippen LogP contribution in [0.3, 0.4) is 0 Å². The van der Waals surface area contributed by atoms with E-state index >= 15 is 0 Å². The van der Waals surface area contributed by atoms with Crippen LogP contribution in [0.15, 0.2) is 40.9 Å². The van der Waals surface area contributed by atoms with Crippen molar-refractivity contribution in [3.05, 3.63) is 64.7 Å². The van der Waals surface area contributed by atoms with Gasteiger partial charge in [-0.3, -0.25) is 4.79 Å². The van der Waals surface area contributed by atoms with Gasteiger partial charge in [-0.25, -0.2) is 4.68 Å². The zero-order valence-corrected chi connectivity index (χ0v) is 14.8. The second kappa shape index (κ2) is 6.76. The molecule has 1 atom stereocenters. The van der Waals surface area contributed by atoms with Crippen molar-refractivity contribution < 1.29 is 9.21 Å². The molecule has 0 aliphatic carbocycles. The average molecular weight is 349 g/mol. The number of nitrogen functional groups attached to an aromatic ring is 1. The number of anilines is 1. The molecule has 0 bridgehead atoms. The van der Waals surface area contributed by atoms with E-state index in [9.17, 15) is 4.79 Å². The van der Waals surface area contributed by atoms with Crippen molar-refractivity contribution in [3.8, 4) is 11.8 Å². The van der Waals surface area contributed by atoms with E-state index in [2.05, 4.69) is 10.4 Å². The number of benzene rings is 1. The Balaban J connectivity index is 1.76. The summed E-state index contributed by atoms with van der Waals surface area (Å²) in [6.07, 6.45) is 1.41. The van der Waals surface area contributed by atoms with Gasteiger partial charge in [0.15, 0.2) is 0 Å². The number of hydrogen-bond donors (Lipinski definition) is 2. The fourth-order valence-corrected chi connectivity index (χ4v) is 2.84. The highest BCUT2D eigenvalue weighted by Gasteiger charge is 2.16. The normalized spacial score (nSPS) is 11.8. The molecule has 1 aromatic carbocycles. The van der Waals surface area contributed by atoms with Crippen molar-refractivity contribution in [3.63, 3.8) is 0 Å². The van der Waals surface area contributed by atoms with Gasteiger partial charge in [-0.15, -0.1) is 0 Å². The summed E-state index contributed by atoms with van der Waals surface area (Å²) >= 11 is 0. The predicted molar refractivity (Wildman–Crippen MR) is 96.8 cm³/mol. The van der Waals surface area contributed by atoms with Crippen LogP contribution >= 0.6 is 0 Å². The van der Waals surface area contributed by atoms with E-state index in [0.29, 0.717) is 16.8 Å². The molecule has 0 radical (unpaired) electrons. The molecular weight excluding hydrogens is 330 g/mol. The average Bonchev–Trinajstić information content (AvgIpc) is 3.16. The molecule has 2 aromatic heterocycles. The van der Waals surface area contributed by atoms with Gasteiger partial charge in [-0.1, -0.05) is 0 Å². The lowest BCUT2D eigenvalue weighted by Gasteiger charge is -2.13. The number of carbonyl (C=O) groups excluding carboxylic acids is 1. The number of aryl methyl sites for hydroxylation is 2. The first-order chi connectivity index (χ1) is 12.4. The Kier molecular flexibility index (Phi) is 4.50. The third kappa shape index (κ3) is 3.17. The molecule has 132 valence electrons. The van der Waals surface area contributed by atoms with Crippen molar-refractivity contribution in [2.45, 2.75) is 26.8 Å². The highest BCUT2D eigenvalue weighted by molar-refractivity contribution is 5.94. The van der Waals surface area contributed by atoms with Crippen molar-refractivity contribution in [1.82, 2.24) is 15.1 Å². The molecule has 7 heteroatoms. The van der Waals surface area contributed by atoms with Crippen molar-refractivity contribution in [2.24, 2.45) is 0 Å². The Hall–Kier alpha value is -3.53. The molecule has 1 amide bonds. The Morgan fingerprint density at radius 1 is 1.35 bits per heavy atom. The second-order valence-corrected chi connectivity index (χ2v) is 6.08. The molecule has 3 rings (SSSR count). The Morgan fingerprint density at radius 3 is 2.58 bits per heavy atom. The second-order valence-electron chi connectivity index (χ2n) is 6.08. The minimum Gasteiger partial charge on any atom is -0.466 e. The maximum Gasteiger partial charge on any atom is 0.251 e. The molecule has 26 heavy (non-hydrogen) atoms. The van der Waals surface area contributed by atoms with Crippen LogP contribution in [-0.4, -0.2) is 15.7 Å². The molecule has 0 aliphatic rings. The van der Waals surface area contributed by atoms with E-state index in [-0.39, 0.29) is 17.8 Å². The summed E-state index contributed by atoms with van der Waals surface area (Å²) < 4.78 is 6.97. The summed E-state index contributed by atoms with van der Waals surface area (Å²) in [6.45, 7) is 5.67. The number of aromatic nitrogens is 2. The van der Waals surface area contributed by atoms with Crippen molar-refractivity contribution in [1.29, 1.82) is 5.26 Å². The molecule has 7 nitrogen and oxygen atoms in total. The fourth-order valence-electron chi connectivity index (χ4n) is 2.84. The van der Waals surface area contributed by atoms with Crippen molar-refractivity contribution in [2.75, 3.05) is 5.73 Å². The SMILES string of the molecule is Cc1cc([C@@H](C)NC(=O)c2ccc(-n3ncc(C#N)c3N)cc2)c(C)o1. The first-order valence-corrected chi connectivity index (χ1v) is 8.12. The van der Waals surface area contributed by atoms with Gasteiger partial charge in [-0.05, 0) is 51.1 Å². The molecule has 0 unspecified atom stereocenters. The molecule has 2 heterocycles. The summed E-state index contributed by atoms with van der Waals surface area (Å²) in [6, 6.07) is 10.6. The largest absolute Gasteiger partial charge is 0.466 e. The number of amides is 1. The number of nitrogens with two attached hydrogens (primary N) is 1. The molecular formula is C19H19N5O2. The summed E-state index contributed by atoms with van der Waals surface area (Å²) in [4.78, 5) is 12.5. The van der Waals surface area contributed by atoms with Gasteiger partial charge in [0, 0.05) is 11.1 Å². The summed E-state index contributed by atoms with van der Waals surface area (Å²) in [5, 5.41) is 16.0. The Bertz CT molecular complexity index is 992. The van der Waals surface area contributed by atoms with Crippen molar-refractivity contribution >= 4 is 11.7 Å². The smallest absolute Gasteiger partial charge is 0.251 e. The van der Waals surface area contributed by atoms with Gasteiger partial charge in [-0.2, -0.15) is 10.4 Å². The number of nitriles is 1. The topological polar surface area (TPSA) is 110 Å². The predicted octanol–water partition coefficient (Wildman–Crippen LogP) is 3.03. The van der Waals surface area contributed by atoms with E-state index in [1.807, 2.05) is 32.9 Å². The number of nitrogens with zero attached hydrogens (tertiary/aromatic N) is 3. The Labute approximate surface area is 151 Å². The maximum absolute atomic E-state index is 12.5. The lowest BCUT2D eigenvalue weighted by Crippen LogP contribution is -2.26. The van der Waals surface area contributed by atoms with Crippen LogP contribution in [0.4, 0.5) is 5.82 Å². The van der Waals surface area contributed by atoms with Gasteiger partial charge >= 0.3 is 0 Å². The Morgan fingerprint density at radius 2 is 2.04 bits per heavy atom. The molecule has 3 aromatic rings. The first-order valence-electron chi connectivity index (χ1n) is 8.12. The number of carbonyl (C=O) groups is 1. The molecule has 3 N–H and O–H groups in total. The van der Waals surface area contributed by atoms with Crippen LogP contribution in [0.2, 0.25) is 0 Å². The summed E-state index contributed by atoms with van der Waals surface area (Å²) in [7, 11) is 0.